The third kappa shape index (κ3) is 5.19. The molecule has 2 N–H and O–H groups in total. The van der Waals surface area contributed by atoms with Crippen LogP contribution in [0.3, 0.4) is 0 Å². The summed E-state index contributed by atoms with van der Waals surface area (Å²) >= 11 is 5.89. The van der Waals surface area contributed by atoms with E-state index in [4.69, 9.17) is 11.6 Å². The number of aliphatic hydroxyl groups is 1. The Balaban J connectivity index is 2.63. The molecule has 0 aliphatic rings. The predicted molar refractivity (Wildman–Crippen MR) is 69.4 cm³/mol. The van der Waals surface area contributed by atoms with E-state index in [0.29, 0.717) is 6.54 Å². The van der Waals surface area contributed by atoms with Crippen LogP contribution >= 0.6 is 11.6 Å². The van der Waals surface area contributed by atoms with Crippen molar-refractivity contribution in [1.82, 2.24) is 5.32 Å². The number of hydrogen-bond donors (Lipinski definition) is 2. The van der Waals surface area contributed by atoms with Gasteiger partial charge in [-0.15, -0.1) is 0 Å². The third-order valence-electron chi connectivity index (χ3n) is 2.03. The minimum atomic E-state index is -0.705. The molecular weight excluding hydrogens is 222 g/mol. The zero-order valence-corrected chi connectivity index (χ0v) is 10.7. The Labute approximate surface area is 102 Å². The summed E-state index contributed by atoms with van der Waals surface area (Å²) in [4.78, 5) is 0. The van der Waals surface area contributed by atoms with Crippen LogP contribution in [-0.2, 0) is 0 Å². The topological polar surface area (TPSA) is 32.3 Å². The minimum absolute atomic E-state index is 0.524. The Morgan fingerprint density at radius 2 is 2.19 bits per heavy atom. The van der Waals surface area contributed by atoms with E-state index in [-0.39, 0.29) is 0 Å². The van der Waals surface area contributed by atoms with Gasteiger partial charge in [0.05, 0.1) is 5.60 Å². The van der Waals surface area contributed by atoms with Crippen molar-refractivity contribution >= 4 is 17.7 Å². The lowest BCUT2D eigenvalue weighted by Crippen LogP contribution is -2.33. The first kappa shape index (κ1) is 13.1. The van der Waals surface area contributed by atoms with Crippen LogP contribution in [0.2, 0.25) is 5.02 Å². The molecule has 0 heterocycles. The van der Waals surface area contributed by atoms with Crippen LogP contribution < -0.4 is 5.32 Å². The number of nitrogens with one attached hydrogen (secondary N) is 1. The average Bonchev–Trinajstić information content (AvgIpc) is 2.14. The summed E-state index contributed by atoms with van der Waals surface area (Å²) in [6.07, 6.45) is 2.00. The van der Waals surface area contributed by atoms with Crippen LogP contribution in [0.15, 0.2) is 30.0 Å². The van der Waals surface area contributed by atoms with Gasteiger partial charge < -0.3 is 10.4 Å². The van der Waals surface area contributed by atoms with Crippen molar-refractivity contribution in [3.05, 3.63) is 40.5 Å². The third-order valence-corrected chi connectivity index (χ3v) is 2.27. The van der Waals surface area contributed by atoms with E-state index in [9.17, 15) is 5.11 Å². The maximum atomic E-state index is 9.57. The van der Waals surface area contributed by atoms with Crippen molar-refractivity contribution in [1.29, 1.82) is 0 Å². The SMILES string of the molecule is CC(=Cc1cccc(Cl)c1)NCC(C)(C)O. The molecule has 0 saturated heterocycles. The average molecular weight is 240 g/mol. The van der Waals surface area contributed by atoms with Crippen LogP contribution in [0.1, 0.15) is 26.3 Å². The molecule has 0 aliphatic heterocycles. The number of hydrogen-bond acceptors (Lipinski definition) is 2. The fraction of sp³-hybridized carbons (Fsp3) is 0.385. The molecule has 0 fully saturated rings. The second kappa shape index (κ2) is 5.37. The van der Waals surface area contributed by atoms with Gasteiger partial charge in [0.2, 0.25) is 0 Å². The summed E-state index contributed by atoms with van der Waals surface area (Å²) in [5.74, 6) is 0. The highest BCUT2D eigenvalue weighted by atomic mass is 35.5. The molecule has 0 spiro atoms. The van der Waals surface area contributed by atoms with Crippen LogP contribution in [0.4, 0.5) is 0 Å². The first-order valence-corrected chi connectivity index (χ1v) is 5.65. The van der Waals surface area contributed by atoms with Gasteiger partial charge in [-0.2, -0.15) is 0 Å². The molecule has 0 radical (unpaired) electrons. The summed E-state index contributed by atoms with van der Waals surface area (Å²) < 4.78 is 0. The van der Waals surface area contributed by atoms with Gasteiger partial charge in [0.15, 0.2) is 0 Å². The van der Waals surface area contributed by atoms with Crippen LogP contribution in [0, 0.1) is 0 Å². The van der Waals surface area contributed by atoms with Gasteiger partial charge in [0.25, 0.3) is 0 Å². The summed E-state index contributed by atoms with van der Waals surface area (Å²) in [5, 5.41) is 13.5. The molecule has 0 saturated carbocycles. The number of rotatable bonds is 4. The summed E-state index contributed by atoms with van der Waals surface area (Å²) in [6.45, 7) is 6.03. The molecule has 1 aromatic rings. The quantitative estimate of drug-likeness (QED) is 0.847. The summed E-state index contributed by atoms with van der Waals surface area (Å²) in [5.41, 5.74) is 1.35. The maximum Gasteiger partial charge on any atom is 0.0763 e. The lowest BCUT2D eigenvalue weighted by Gasteiger charge is -2.18. The lowest BCUT2D eigenvalue weighted by molar-refractivity contribution is 0.0827. The predicted octanol–water partition coefficient (Wildman–Crippen LogP) is 3.06. The Morgan fingerprint density at radius 3 is 2.75 bits per heavy atom. The molecule has 2 nitrogen and oxygen atoms in total. The number of halogens is 1. The molecule has 1 aromatic carbocycles. The molecule has 0 aliphatic carbocycles. The largest absolute Gasteiger partial charge is 0.389 e. The first-order valence-electron chi connectivity index (χ1n) is 5.27. The van der Waals surface area contributed by atoms with Gasteiger partial charge in [-0.05, 0) is 44.5 Å². The highest BCUT2D eigenvalue weighted by molar-refractivity contribution is 6.30. The van der Waals surface area contributed by atoms with E-state index in [1.807, 2.05) is 37.3 Å². The Bertz CT molecular complexity index is 380. The van der Waals surface area contributed by atoms with Crippen molar-refractivity contribution < 1.29 is 5.11 Å². The van der Waals surface area contributed by atoms with Gasteiger partial charge in [-0.1, -0.05) is 23.7 Å². The molecule has 0 bridgehead atoms. The number of benzene rings is 1. The van der Waals surface area contributed by atoms with Crippen LogP contribution in [0.25, 0.3) is 6.08 Å². The van der Waals surface area contributed by atoms with E-state index in [2.05, 4.69) is 5.32 Å². The molecular formula is C13H18ClNO. The van der Waals surface area contributed by atoms with Crippen molar-refractivity contribution in [2.24, 2.45) is 0 Å². The lowest BCUT2D eigenvalue weighted by atomic mass is 10.1. The van der Waals surface area contributed by atoms with Gasteiger partial charge in [-0.25, -0.2) is 0 Å². The van der Waals surface area contributed by atoms with E-state index in [1.54, 1.807) is 13.8 Å². The van der Waals surface area contributed by atoms with Crippen LogP contribution in [0.5, 0.6) is 0 Å². The molecule has 0 aromatic heterocycles. The van der Waals surface area contributed by atoms with E-state index in [0.717, 1.165) is 16.3 Å². The highest BCUT2D eigenvalue weighted by Gasteiger charge is 2.10. The van der Waals surface area contributed by atoms with Crippen molar-refractivity contribution in [3.63, 3.8) is 0 Å². The van der Waals surface area contributed by atoms with E-state index < -0.39 is 5.60 Å². The van der Waals surface area contributed by atoms with Crippen LogP contribution in [-0.4, -0.2) is 17.3 Å². The van der Waals surface area contributed by atoms with E-state index in [1.165, 1.54) is 0 Å². The van der Waals surface area contributed by atoms with Gasteiger partial charge in [0, 0.05) is 17.3 Å². The zero-order chi connectivity index (χ0) is 12.2. The fourth-order valence-electron chi connectivity index (χ4n) is 1.25. The standard InChI is InChI=1S/C13H18ClNO/c1-10(15-9-13(2,3)16)7-11-5-4-6-12(14)8-11/h4-8,15-16H,9H2,1-3H3. The second-order valence-corrected chi connectivity index (χ2v) is 4.98. The molecule has 1 rings (SSSR count). The van der Waals surface area contributed by atoms with Crippen molar-refractivity contribution in [2.45, 2.75) is 26.4 Å². The maximum absolute atomic E-state index is 9.57. The zero-order valence-electron chi connectivity index (χ0n) is 9.92. The molecule has 0 unspecified atom stereocenters. The monoisotopic (exact) mass is 239 g/mol. The first-order chi connectivity index (χ1) is 7.37. The minimum Gasteiger partial charge on any atom is -0.389 e. The second-order valence-electron chi connectivity index (χ2n) is 4.55. The Hall–Kier alpha value is -0.990. The fourth-order valence-corrected chi connectivity index (χ4v) is 1.45. The Morgan fingerprint density at radius 1 is 1.50 bits per heavy atom. The van der Waals surface area contributed by atoms with Gasteiger partial charge in [-0.3, -0.25) is 0 Å². The smallest absolute Gasteiger partial charge is 0.0763 e. The molecule has 16 heavy (non-hydrogen) atoms. The molecule has 3 heteroatoms. The van der Waals surface area contributed by atoms with Crippen molar-refractivity contribution in [2.75, 3.05) is 6.54 Å². The molecule has 88 valence electrons. The van der Waals surface area contributed by atoms with E-state index >= 15 is 0 Å². The normalized spacial score (nSPS) is 12.7. The van der Waals surface area contributed by atoms with Crippen molar-refractivity contribution in [3.8, 4) is 0 Å². The Kier molecular flexibility index (Phi) is 4.39. The van der Waals surface area contributed by atoms with Gasteiger partial charge in [0.1, 0.15) is 0 Å². The molecule has 0 atom stereocenters. The number of allylic oxidation sites excluding steroid dienone is 1. The summed E-state index contributed by atoms with van der Waals surface area (Å²) in [6, 6.07) is 7.65. The highest BCUT2D eigenvalue weighted by Crippen LogP contribution is 2.13. The molecule has 0 amide bonds. The summed E-state index contributed by atoms with van der Waals surface area (Å²) in [7, 11) is 0. The van der Waals surface area contributed by atoms with Gasteiger partial charge >= 0.3 is 0 Å².